The van der Waals surface area contributed by atoms with Gasteiger partial charge in [0.15, 0.2) is 0 Å². The minimum Gasteiger partial charge on any atom is -0.496 e. The molecule has 0 amide bonds. The molecule has 1 atom stereocenters. The van der Waals surface area contributed by atoms with Crippen molar-refractivity contribution in [2.24, 2.45) is 5.84 Å². The van der Waals surface area contributed by atoms with Crippen LogP contribution in [0.25, 0.3) is 0 Å². The van der Waals surface area contributed by atoms with E-state index in [0.717, 1.165) is 29.0 Å². The molecular formula is C14H19N3OS. The highest BCUT2D eigenvalue weighted by Crippen LogP contribution is 2.28. The molecule has 0 aliphatic heterocycles. The Bertz CT molecular complexity index is 540. The zero-order valence-electron chi connectivity index (χ0n) is 11.4. The Hall–Kier alpha value is -1.43. The first-order valence-corrected chi connectivity index (χ1v) is 7.04. The predicted molar refractivity (Wildman–Crippen MR) is 78.4 cm³/mol. The summed E-state index contributed by atoms with van der Waals surface area (Å²) in [6.45, 7) is 4.04. The minimum atomic E-state index is 0.0820. The smallest absolute Gasteiger partial charge is 0.128 e. The molecule has 1 unspecified atom stereocenters. The molecular weight excluding hydrogens is 258 g/mol. The lowest BCUT2D eigenvalue weighted by atomic mass is 10.0. The first-order chi connectivity index (χ1) is 9.17. The lowest BCUT2D eigenvalue weighted by Crippen LogP contribution is -2.29. The molecule has 5 heteroatoms. The minimum absolute atomic E-state index is 0.0820. The third-order valence-corrected chi connectivity index (χ3v) is 4.22. The summed E-state index contributed by atoms with van der Waals surface area (Å²) in [7, 11) is 1.69. The monoisotopic (exact) mass is 277 g/mol. The summed E-state index contributed by atoms with van der Waals surface area (Å²) in [6.07, 6.45) is 2.60. The fourth-order valence-corrected chi connectivity index (χ4v) is 2.99. The molecule has 0 aromatic carbocycles. The Kier molecular flexibility index (Phi) is 4.52. The highest BCUT2D eigenvalue weighted by atomic mass is 32.1. The number of hydrogen-bond acceptors (Lipinski definition) is 5. The van der Waals surface area contributed by atoms with Crippen LogP contribution in [0.4, 0.5) is 0 Å². The lowest BCUT2D eigenvalue weighted by Gasteiger charge is -2.17. The van der Waals surface area contributed by atoms with E-state index in [-0.39, 0.29) is 6.04 Å². The first-order valence-electron chi connectivity index (χ1n) is 6.16. The van der Waals surface area contributed by atoms with Crippen LogP contribution in [0.1, 0.15) is 27.7 Å². The zero-order chi connectivity index (χ0) is 13.8. The van der Waals surface area contributed by atoms with Crippen molar-refractivity contribution in [2.45, 2.75) is 26.3 Å². The molecule has 19 heavy (non-hydrogen) atoms. The number of aryl methyl sites for hydroxylation is 1. The van der Waals surface area contributed by atoms with Crippen molar-refractivity contribution in [3.8, 4) is 5.75 Å². The van der Waals surface area contributed by atoms with Gasteiger partial charge in [-0.3, -0.25) is 16.3 Å². The maximum absolute atomic E-state index is 5.66. The van der Waals surface area contributed by atoms with Crippen molar-refractivity contribution < 1.29 is 4.74 Å². The molecule has 0 radical (unpaired) electrons. The van der Waals surface area contributed by atoms with Crippen molar-refractivity contribution in [1.29, 1.82) is 0 Å². The molecule has 0 saturated carbocycles. The molecule has 0 spiro atoms. The van der Waals surface area contributed by atoms with Gasteiger partial charge in [0, 0.05) is 34.3 Å². The molecule has 0 aliphatic carbocycles. The quantitative estimate of drug-likeness (QED) is 0.651. The summed E-state index contributed by atoms with van der Waals surface area (Å²) in [5.74, 6) is 6.57. The van der Waals surface area contributed by atoms with Crippen LogP contribution in [0.3, 0.4) is 0 Å². The van der Waals surface area contributed by atoms with E-state index in [1.165, 1.54) is 4.88 Å². The van der Waals surface area contributed by atoms with Gasteiger partial charge in [-0.15, -0.1) is 11.3 Å². The van der Waals surface area contributed by atoms with Gasteiger partial charge in [0.2, 0.25) is 0 Å². The van der Waals surface area contributed by atoms with Crippen LogP contribution >= 0.6 is 11.3 Å². The Morgan fingerprint density at radius 2 is 2.26 bits per heavy atom. The van der Waals surface area contributed by atoms with E-state index < -0.39 is 0 Å². The van der Waals surface area contributed by atoms with Crippen LogP contribution in [0.2, 0.25) is 0 Å². The molecule has 2 aromatic rings. The van der Waals surface area contributed by atoms with E-state index >= 15 is 0 Å². The Balaban J connectivity index is 2.28. The molecule has 0 saturated heterocycles. The number of nitrogens with one attached hydrogen (secondary N) is 1. The molecule has 3 N–H and O–H groups in total. The Morgan fingerprint density at radius 1 is 1.47 bits per heavy atom. The van der Waals surface area contributed by atoms with Crippen molar-refractivity contribution >= 4 is 11.3 Å². The van der Waals surface area contributed by atoms with Crippen LogP contribution in [0.15, 0.2) is 23.7 Å². The third kappa shape index (κ3) is 2.94. The number of nitrogens with zero attached hydrogens (tertiary/aromatic N) is 1. The topological polar surface area (TPSA) is 60.2 Å². The van der Waals surface area contributed by atoms with E-state index in [4.69, 9.17) is 10.6 Å². The fraction of sp³-hybridized carbons (Fsp3) is 0.357. The largest absolute Gasteiger partial charge is 0.496 e. The highest BCUT2D eigenvalue weighted by molar-refractivity contribution is 7.10. The maximum atomic E-state index is 5.66. The predicted octanol–water partition coefficient (Wildman–Crippen LogP) is 2.52. The lowest BCUT2D eigenvalue weighted by molar-refractivity contribution is 0.406. The third-order valence-electron chi connectivity index (χ3n) is 3.24. The average molecular weight is 277 g/mol. The SMILES string of the molecule is COc1c(C)cnc(CC(NN)c2cccs2)c1C. The van der Waals surface area contributed by atoms with Crippen LogP contribution in [0, 0.1) is 13.8 Å². The standard InChI is InChI=1S/C14H19N3OS/c1-9-8-16-11(10(2)14(9)18-3)7-12(17-15)13-5-4-6-19-13/h4-6,8,12,17H,7,15H2,1-3H3. The van der Waals surface area contributed by atoms with Gasteiger partial charge in [-0.1, -0.05) is 6.07 Å². The van der Waals surface area contributed by atoms with E-state index in [2.05, 4.69) is 21.9 Å². The van der Waals surface area contributed by atoms with Gasteiger partial charge in [0.05, 0.1) is 13.2 Å². The molecule has 4 nitrogen and oxygen atoms in total. The van der Waals surface area contributed by atoms with Crippen molar-refractivity contribution in [3.05, 3.63) is 45.4 Å². The van der Waals surface area contributed by atoms with Crippen molar-refractivity contribution in [1.82, 2.24) is 10.4 Å². The van der Waals surface area contributed by atoms with Crippen molar-refractivity contribution in [3.63, 3.8) is 0 Å². The fourth-order valence-electron chi connectivity index (χ4n) is 2.20. The van der Waals surface area contributed by atoms with Gasteiger partial charge in [-0.25, -0.2) is 0 Å². The molecule has 2 heterocycles. The summed E-state index contributed by atoms with van der Waals surface area (Å²) in [5, 5.41) is 2.05. The maximum Gasteiger partial charge on any atom is 0.128 e. The number of nitrogens with two attached hydrogens (primary N) is 1. The molecule has 0 fully saturated rings. The second kappa shape index (κ2) is 6.14. The highest BCUT2D eigenvalue weighted by Gasteiger charge is 2.16. The number of rotatable bonds is 5. The number of pyridine rings is 1. The van der Waals surface area contributed by atoms with E-state index in [9.17, 15) is 0 Å². The van der Waals surface area contributed by atoms with Gasteiger partial charge < -0.3 is 4.74 Å². The summed E-state index contributed by atoms with van der Waals surface area (Å²) in [5.41, 5.74) is 6.01. The average Bonchev–Trinajstić information content (AvgIpc) is 2.92. The summed E-state index contributed by atoms with van der Waals surface area (Å²) in [6, 6.07) is 4.19. The van der Waals surface area contributed by atoms with Gasteiger partial charge >= 0.3 is 0 Å². The van der Waals surface area contributed by atoms with E-state index in [0.29, 0.717) is 0 Å². The van der Waals surface area contributed by atoms with Gasteiger partial charge in [-0.2, -0.15) is 0 Å². The second-order valence-corrected chi connectivity index (χ2v) is 5.46. The number of thiophene rings is 1. The van der Waals surface area contributed by atoms with Gasteiger partial charge in [-0.05, 0) is 25.3 Å². The van der Waals surface area contributed by atoms with Crippen molar-refractivity contribution in [2.75, 3.05) is 7.11 Å². The van der Waals surface area contributed by atoms with E-state index in [1.54, 1.807) is 18.4 Å². The van der Waals surface area contributed by atoms with Crippen LogP contribution in [0.5, 0.6) is 5.75 Å². The van der Waals surface area contributed by atoms with Crippen LogP contribution in [-0.2, 0) is 6.42 Å². The van der Waals surface area contributed by atoms with Gasteiger partial charge in [0.25, 0.3) is 0 Å². The summed E-state index contributed by atoms with van der Waals surface area (Å²) in [4.78, 5) is 5.72. The number of ether oxygens (including phenoxy) is 1. The summed E-state index contributed by atoms with van der Waals surface area (Å²) < 4.78 is 5.43. The second-order valence-electron chi connectivity index (χ2n) is 4.48. The molecule has 0 bridgehead atoms. The van der Waals surface area contributed by atoms with Crippen LogP contribution in [-0.4, -0.2) is 12.1 Å². The normalized spacial score (nSPS) is 12.4. The molecule has 2 rings (SSSR count). The van der Waals surface area contributed by atoms with E-state index in [1.807, 2.05) is 26.1 Å². The number of hydrazine groups is 1. The molecule has 2 aromatic heterocycles. The molecule has 0 aliphatic rings. The van der Waals surface area contributed by atoms with Crippen LogP contribution < -0.4 is 16.0 Å². The number of hydrogen-bond donors (Lipinski definition) is 2. The van der Waals surface area contributed by atoms with Gasteiger partial charge in [0.1, 0.15) is 5.75 Å². The Labute approximate surface area is 117 Å². The number of aromatic nitrogens is 1. The first kappa shape index (κ1) is 14.0. The zero-order valence-corrected chi connectivity index (χ0v) is 12.3. The molecule has 102 valence electrons. The Morgan fingerprint density at radius 3 is 2.84 bits per heavy atom. The number of methoxy groups -OCH3 is 1. The summed E-state index contributed by atoms with van der Waals surface area (Å²) >= 11 is 1.69.